The third-order valence-corrected chi connectivity index (χ3v) is 16.8. The number of nitrogens with one attached hydrogen (secondary N) is 1. The lowest BCUT2D eigenvalue weighted by atomic mass is 9.77. The number of nitrogens with two attached hydrogens (primary N) is 1. The highest BCUT2D eigenvalue weighted by Crippen LogP contribution is 2.38. The smallest absolute Gasteiger partial charge is 0.206 e. The zero-order valence-corrected chi connectivity index (χ0v) is 45.0. The lowest BCUT2D eigenvalue weighted by Gasteiger charge is -2.27. The summed E-state index contributed by atoms with van der Waals surface area (Å²) in [6, 6.07) is 57.2. The number of methoxy groups -OCH3 is 2. The molecule has 0 heterocycles. The van der Waals surface area contributed by atoms with Crippen molar-refractivity contribution in [2.24, 2.45) is 5.73 Å². The quantitative estimate of drug-likeness (QED) is 0.0751. The number of hydrogen-bond acceptors (Lipinski definition) is 10. The molecule has 0 aromatic heterocycles. The van der Waals surface area contributed by atoms with Crippen molar-refractivity contribution in [3.63, 3.8) is 0 Å². The maximum atomic E-state index is 13.1. The summed E-state index contributed by atoms with van der Waals surface area (Å²) in [6.45, 7) is 14.6. The fraction of sp³-hybridized carbons (Fsp3) is 0.226. The van der Waals surface area contributed by atoms with Crippen molar-refractivity contribution in [2.75, 3.05) is 27.3 Å². The molecule has 8 aromatic carbocycles. The monoisotopic (exact) mass is 1030 g/mol. The van der Waals surface area contributed by atoms with Gasteiger partial charge in [0.15, 0.2) is 0 Å². The molecule has 384 valence electrons. The van der Waals surface area contributed by atoms with E-state index in [9.17, 15) is 16.8 Å². The van der Waals surface area contributed by atoms with Crippen molar-refractivity contribution in [3.05, 3.63) is 227 Å². The van der Waals surface area contributed by atoms with E-state index in [1.807, 2.05) is 56.3 Å². The van der Waals surface area contributed by atoms with Gasteiger partial charge in [0.1, 0.15) is 34.5 Å². The van der Waals surface area contributed by atoms with Gasteiger partial charge in [0.25, 0.3) is 0 Å². The van der Waals surface area contributed by atoms with Crippen LogP contribution in [-0.4, -0.2) is 44.1 Å². The van der Waals surface area contributed by atoms with Crippen LogP contribution in [0.2, 0.25) is 0 Å². The lowest BCUT2D eigenvalue weighted by Crippen LogP contribution is -2.21. The molecule has 0 fully saturated rings. The molecular formula is C62H66N2O8S2. The lowest BCUT2D eigenvalue weighted by molar-refractivity contribution is 0.414. The minimum atomic E-state index is -3.61. The van der Waals surface area contributed by atoms with Crippen molar-refractivity contribution in [1.82, 2.24) is 5.32 Å². The molecule has 12 heteroatoms. The molecule has 0 amide bonds. The summed E-state index contributed by atoms with van der Waals surface area (Å²) in [4.78, 5) is 1.01. The molecule has 8 aromatic rings. The Bertz CT molecular complexity index is 3320. The molecule has 0 aliphatic heterocycles. The summed E-state index contributed by atoms with van der Waals surface area (Å²) < 4.78 is 74.7. The molecule has 0 atom stereocenters. The van der Waals surface area contributed by atoms with Crippen LogP contribution in [0.25, 0.3) is 0 Å². The number of ether oxygens (including phenoxy) is 4. The first-order chi connectivity index (χ1) is 35.3. The molecular weight excluding hydrogens is 965 g/mol. The van der Waals surface area contributed by atoms with E-state index in [0.29, 0.717) is 36.1 Å². The molecule has 10 nitrogen and oxygen atoms in total. The van der Waals surface area contributed by atoms with E-state index < -0.39 is 19.7 Å². The first kappa shape index (κ1) is 54.6. The normalized spacial score (nSPS) is 11.8. The highest BCUT2D eigenvalue weighted by Gasteiger charge is 2.26. The average Bonchev–Trinajstić information content (AvgIpc) is 3.41. The largest absolute Gasteiger partial charge is 0.497 e. The highest BCUT2D eigenvalue weighted by molar-refractivity contribution is 7.91. The second kappa shape index (κ2) is 23.8. The van der Waals surface area contributed by atoms with E-state index >= 15 is 0 Å². The molecule has 0 aliphatic rings. The highest BCUT2D eigenvalue weighted by atomic mass is 32.2. The molecule has 0 aliphatic carbocycles. The van der Waals surface area contributed by atoms with Crippen LogP contribution in [0.4, 0.5) is 0 Å². The van der Waals surface area contributed by atoms with Crippen molar-refractivity contribution >= 4 is 19.7 Å². The third-order valence-electron chi connectivity index (χ3n) is 13.2. The summed E-state index contributed by atoms with van der Waals surface area (Å²) in [5.41, 5.74) is 12.9. The number of sulfone groups is 2. The fourth-order valence-corrected chi connectivity index (χ4v) is 10.8. The topological polar surface area (TPSA) is 143 Å². The van der Waals surface area contributed by atoms with E-state index in [2.05, 4.69) is 81.5 Å². The molecule has 0 saturated heterocycles. The molecule has 3 N–H and O–H groups in total. The summed E-state index contributed by atoms with van der Waals surface area (Å²) in [5.74, 6) is 4.19. The van der Waals surface area contributed by atoms with Crippen LogP contribution in [0.15, 0.2) is 208 Å². The Labute approximate surface area is 438 Å². The third kappa shape index (κ3) is 13.1. The summed E-state index contributed by atoms with van der Waals surface area (Å²) in [7, 11) is -3.84. The number of benzene rings is 8. The average molecular weight is 1030 g/mol. The Balaban J connectivity index is 0.000000219. The summed E-state index contributed by atoms with van der Waals surface area (Å²) in [6.07, 6.45) is 0.879. The van der Waals surface area contributed by atoms with Gasteiger partial charge in [-0.25, -0.2) is 16.8 Å². The Hall–Kier alpha value is -7.22. The molecule has 0 radical (unpaired) electrons. The minimum absolute atomic E-state index is 0.184. The van der Waals surface area contributed by atoms with E-state index in [4.69, 9.17) is 24.7 Å². The first-order valence-electron chi connectivity index (χ1n) is 24.5. The van der Waals surface area contributed by atoms with Crippen molar-refractivity contribution in [1.29, 1.82) is 0 Å². The van der Waals surface area contributed by atoms with Gasteiger partial charge in [0.05, 0.1) is 33.8 Å². The number of aryl methyl sites for hydroxylation is 2. The van der Waals surface area contributed by atoms with Crippen molar-refractivity contribution < 1.29 is 35.8 Å². The Kier molecular flexibility index (Phi) is 17.5. The zero-order valence-electron chi connectivity index (χ0n) is 43.4. The zero-order chi connectivity index (χ0) is 53.1. The summed E-state index contributed by atoms with van der Waals surface area (Å²) >= 11 is 0. The van der Waals surface area contributed by atoms with Gasteiger partial charge in [-0.3, -0.25) is 0 Å². The molecule has 0 saturated carbocycles. The fourth-order valence-electron chi connectivity index (χ4n) is 8.29. The second-order valence-corrected chi connectivity index (χ2v) is 23.1. The van der Waals surface area contributed by atoms with Crippen LogP contribution in [-0.2, 0) is 37.0 Å². The van der Waals surface area contributed by atoms with Crippen LogP contribution >= 0.6 is 0 Å². The number of rotatable bonds is 19. The van der Waals surface area contributed by atoms with Gasteiger partial charge in [-0.05, 0) is 177 Å². The Morgan fingerprint density at radius 3 is 1.14 bits per heavy atom. The molecule has 8 rings (SSSR count). The molecule has 74 heavy (non-hydrogen) atoms. The van der Waals surface area contributed by atoms with Crippen LogP contribution in [0.5, 0.6) is 34.5 Å². The predicted octanol–water partition coefficient (Wildman–Crippen LogP) is 13.3. The number of hydrogen-bond donors (Lipinski definition) is 2. The summed E-state index contributed by atoms with van der Waals surface area (Å²) in [5, 5.41) is 3.46. The van der Waals surface area contributed by atoms with Gasteiger partial charge in [-0.1, -0.05) is 106 Å². The van der Waals surface area contributed by atoms with Crippen LogP contribution in [0.3, 0.4) is 0 Å². The van der Waals surface area contributed by atoms with E-state index in [1.54, 1.807) is 111 Å². The van der Waals surface area contributed by atoms with E-state index in [-0.39, 0.29) is 30.4 Å². The van der Waals surface area contributed by atoms with Gasteiger partial charge in [-0.15, -0.1) is 0 Å². The minimum Gasteiger partial charge on any atom is -0.497 e. The second-order valence-electron chi connectivity index (χ2n) is 19.2. The van der Waals surface area contributed by atoms with Gasteiger partial charge < -0.3 is 30.0 Å². The van der Waals surface area contributed by atoms with Gasteiger partial charge in [0.2, 0.25) is 19.7 Å². The van der Waals surface area contributed by atoms with Gasteiger partial charge >= 0.3 is 0 Å². The predicted molar refractivity (Wildman–Crippen MR) is 295 cm³/mol. The maximum absolute atomic E-state index is 13.1. The van der Waals surface area contributed by atoms with Gasteiger partial charge in [-0.2, -0.15) is 0 Å². The Morgan fingerprint density at radius 2 is 0.757 bits per heavy atom. The first-order valence-corrected chi connectivity index (χ1v) is 27.4. The molecule has 0 spiro atoms. The van der Waals surface area contributed by atoms with Gasteiger partial charge in [0, 0.05) is 22.9 Å². The maximum Gasteiger partial charge on any atom is 0.206 e. The SMILES string of the molecule is COc1ccc(C(C)(C)c2ccc(Oc3ccc(S(=O)(=O)c4ccc(C)cc4)cc3)c(CNCCCN)c2)cc1.COc1ccc(C(C)(C)c2ccc(Oc3ccc(S(=O)(=O)c4ccc(C)cc4)cc3)cc2)cc1. The van der Waals surface area contributed by atoms with Crippen molar-refractivity contribution in [3.8, 4) is 34.5 Å². The van der Waals surface area contributed by atoms with Crippen LogP contribution in [0, 0.1) is 13.8 Å². The van der Waals surface area contributed by atoms with E-state index in [0.717, 1.165) is 52.3 Å². The standard InChI is InChI=1S/C33H38N2O4S.C29H28O4S/c1-24-6-15-30(16-7-24)40(36,37)31-17-13-29(14-18-31)39-32-19-10-27(22-25(32)23-35-21-5-20-34)33(2,3)26-8-11-28(38-4)12-9-26;1-21-5-17-27(18-6-21)34(30,31)28-19-15-26(16-20-28)33-25-13-9-23(10-14-25)29(2,3)22-7-11-24(32-4)12-8-22/h6-19,22,35H,5,20-21,23,34H2,1-4H3;5-20H,1-4H3. The van der Waals surface area contributed by atoms with E-state index in [1.165, 1.54) is 11.1 Å². The van der Waals surface area contributed by atoms with Crippen LogP contribution in [0.1, 0.15) is 73.1 Å². The molecule has 0 bridgehead atoms. The van der Waals surface area contributed by atoms with Crippen LogP contribution < -0.4 is 30.0 Å². The van der Waals surface area contributed by atoms with Crippen molar-refractivity contribution in [2.45, 2.75) is 84.9 Å². The Morgan fingerprint density at radius 1 is 0.432 bits per heavy atom. The molecule has 0 unspecified atom stereocenters.